The molecule has 0 saturated heterocycles. The van der Waals surface area contributed by atoms with Crippen molar-refractivity contribution >= 4 is 17.3 Å². The first-order valence-corrected chi connectivity index (χ1v) is 7.28. The first-order chi connectivity index (χ1) is 9.63. The van der Waals surface area contributed by atoms with Crippen LogP contribution in [-0.2, 0) is 0 Å². The maximum absolute atomic E-state index is 12.9. The van der Waals surface area contributed by atoms with Gasteiger partial charge >= 0.3 is 0 Å². The molecule has 0 aliphatic heterocycles. The zero-order chi connectivity index (χ0) is 14.1. The fourth-order valence-corrected chi connectivity index (χ4v) is 2.90. The molecule has 1 N–H and O–H groups in total. The number of nitrogens with one attached hydrogen (secondary N) is 1. The summed E-state index contributed by atoms with van der Waals surface area (Å²) in [5.41, 5.74) is 3.44. The zero-order valence-corrected chi connectivity index (χ0v) is 12.1. The first kappa shape index (κ1) is 13.4. The van der Waals surface area contributed by atoms with Crippen LogP contribution in [0.15, 0.2) is 42.5 Å². The van der Waals surface area contributed by atoms with Gasteiger partial charge in [0.25, 0.3) is 0 Å². The van der Waals surface area contributed by atoms with Gasteiger partial charge in [-0.2, -0.15) is 0 Å². The molecule has 0 bridgehead atoms. The first-order valence-electron chi connectivity index (χ1n) is 6.90. The highest BCUT2D eigenvalue weighted by Crippen LogP contribution is 2.39. The van der Waals surface area contributed by atoms with Crippen molar-refractivity contribution in [1.82, 2.24) is 0 Å². The van der Waals surface area contributed by atoms with Gasteiger partial charge in [0.15, 0.2) is 0 Å². The second-order valence-electron chi connectivity index (χ2n) is 5.47. The molecular weight excluding hydrogens is 273 g/mol. The van der Waals surface area contributed by atoms with E-state index in [0.717, 1.165) is 29.1 Å². The molecule has 1 aliphatic rings. The number of hydrogen-bond donors (Lipinski definition) is 1. The second-order valence-corrected chi connectivity index (χ2v) is 5.88. The summed E-state index contributed by atoms with van der Waals surface area (Å²) < 4.78 is 12.9. The van der Waals surface area contributed by atoms with Crippen molar-refractivity contribution in [2.75, 3.05) is 5.32 Å². The minimum absolute atomic E-state index is 0.169. The Morgan fingerprint density at radius 3 is 2.50 bits per heavy atom. The molecule has 0 amide bonds. The van der Waals surface area contributed by atoms with Crippen LogP contribution < -0.4 is 5.32 Å². The third kappa shape index (κ3) is 2.66. The van der Waals surface area contributed by atoms with E-state index in [1.54, 1.807) is 0 Å². The molecule has 3 rings (SSSR count). The molecular formula is C17H17ClFN. The van der Waals surface area contributed by atoms with Crippen LogP contribution >= 0.6 is 11.6 Å². The molecule has 0 unspecified atom stereocenters. The normalized spacial score (nSPS) is 21.4. The van der Waals surface area contributed by atoms with E-state index in [0.29, 0.717) is 12.0 Å². The standard InChI is InChI=1S/C17H17ClFN/c1-11-16(18)3-2-4-17(11)20-15-9-13(10-15)12-5-7-14(19)8-6-12/h2-8,13,15,20H,9-10H2,1H3. The summed E-state index contributed by atoms with van der Waals surface area (Å²) >= 11 is 6.12. The van der Waals surface area contributed by atoms with Crippen molar-refractivity contribution in [3.63, 3.8) is 0 Å². The van der Waals surface area contributed by atoms with Crippen LogP contribution in [0.1, 0.15) is 29.9 Å². The fourth-order valence-electron chi connectivity index (χ4n) is 2.73. The Labute approximate surface area is 123 Å². The van der Waals surface area contributed by atoms with Crippen LogP contribution in [0.2, 0.25) is 5.02 Å². The van der Waals surface area contributed by atoms with Crippen molar-refractivity contribution < 1.29 is 4.39 Å². The lowest BCUT2D eigenvalue weighted by molar-refractivity contribution is 0.374. The van der Waals surface area contributed by atoms with Crippen LogP contribution in [0, 0.1) is 12.7 Å². The van der Waals surface area contributed by atoms with E-state index in [2.05, 4.69) is 11.4 Å². The quantitative estimate of drug-likeness (QED) is 0.824. The summed E-state index contributed by atoms with van der Waals surface area (Å²) in [4.78, 5) is 0. The van der Waals surface area contributed by atoms with Crippen molar-refractivity contribution in [1.29, 1.82) is 0 Å². The Bertz CT molecular complexity index is 603. The smallest absolute Gasteiger partial charge is 0.123 e. The molecule has 0 aromatic heterocycles. The molecule has 104 valence electrons. The molecule has 0 atom stereocenters. The lowest BCUT2D eigenvalue weighted by atomic mass is 9.76. The minimum Gasteiger partial charge on any atom is -0.382 e. The Kier molecular flexibility index (Phi) is 3.66. The lowest BCUT2D eigenvalue weighted by Gasteiger charge is -2.37. The van der Waals surface area contributed by atoms with E-state index in [9.17, 15) is 4.39 Å². The van der Waals surface area contributed by atoms with Crippen molar-refractivity contribution in [2.45, 2.75) is 31.7 Å². The van der Waals surface area contributed by atoms with Gasteiger partial charge < -0.3 is 5.32 Å². The third-order valence-corrected chi connectivity index (χ3v) is 4.52. The topological polar surface area (TPSA) is 12.0 Å². The number of rotatable bonds is 3. The second kappa shape index (κ2) is 5.45. The molecule has 1 saturated carbocycles. The number of anilines is 1. The van der Waals surface area contributed by atoms with Crippen LogP contribution in [0.4, 0.5) is 10.1 Å². The van der Waals surface area contributed by atoms with E-state index in [1.165, 1.54) is 17.7 Å². The molecule has 3 heteroatoms. The van der Waals surface area contributed by atoms with Gasteiger partial charge in [-0.05, 0) is 61.1 Å². The van der Waals surface area contributed by atoms with Crippen LogP contribution in [-0.4, -0.2) is 6.04 Å². The molecule has 1 aliphatic carbocycles. The van der Waals surface area contributed by atoms with E-state index in [1.807, 2.05) is 31.2 Å². The lowest BCUT2D eigenvalue weighted by Crippen LogP contribution is -2.34. The van der Waals surface area contributed by atoms with Gasteiger partial charge in [0, 0.05) is 16.8 Å². The zero-order valence-electron chi connectivity index (χ0n) is 11.4. The van der Waals surface area contributed by atoms with Gasteiger partial charge in [-0.1, -0.05) is 29.8 Å². The van der Waals surface area contributed by atoms with Crippen LogP contribution in [0.25, 0.3) is 0 Å². The van der Waals surface area contributed by atoms with E-state index >= 15 is 0 Å². The van der Waals surface area contributed by atoms with Crippen molar-refractivity contribution in [2.24, 2.45) is 0 Å². The van der Waals surface area contributed by atoms with Gasteiger partial charge in [0.2, 0.25) is 0 Å². The molecule has 2 aromatic rings. The van der Waals surface area contributed by atoms with Gasteiger partial charge in [-0.3, -0.25) is 0 Å². The maximum atomic E-state index is 12.9. The Hall–Kier alpha value is -1.54. The summed E-state index contributed by atoms with van der Waals surface area (Å²) in [6.45, 7) is 2.03. The Morgan fingerprint density at radius 2 is 1.80 bits per heavy atom. The predicted octanol–water partition coefficient (Wildman–Crippen LogP) is 5.15. The van der Waals surface area contributed by atoms with Gasteiger partial charge in [-0.15, -0.1) is 0 Å². The maximum Gasteiger partial charge on any atom is 0.123 e. The van der Waals surface area contributed by atoms with E-state index in [-0.39, 0.29) is 5.82 Å². The monoisotopic (exact) mass is 289 g/mol. The fraction of sp³-hybridized carbons (Fsp3) is 0.294. The largest absolute Gasteiger partial charge is 0.382 e. The molecule has 1 nitrogen and oxygen atoms in total. The summed E-state index contributed by atoms with van der Waals surface area (Å²) in [6.07, 6.45) is 2.16. The summed E-state index contributed by atoms with van der Waals surface area (Å²) in [5, 5.41) is 4.34. The molecule has 0 heterocycles. The van der Waals surface area contributed by atoms with Crippen LogP contribution in [0.5, 0.6) is 0 Å². The Morgan fingerprint density at radius 1 is 1.10 bits per heavy atom. The van der Waals surface area contributed by atoms with E-state index < -0.39 is 0 Å². The number of benzene rings is 2. The SMILES string of the molecule is Cc1c(Cl)cccc1NC1CC(c2ccc(F)cc2)C1. The predicted molar refractivity (Wildman–Crippen MR) is 82.0 cm³/mol. The number of hydrogen-bond acceptors (Lipinski definition) is 1. The molecule has 0 spiro atoms. The third-order valence-electron chi connectivity index (χ3n) is 4.11. The minimum atomic E-state index is -0.169. The molecule has 0 radical (unpaired) electrons. The summed E-state index contributed by atoms with van der Waals surface area (Å²) in [7, 11) is 0. The van der Waals surface area contributed by atoms with Gasteiger partial charge in [0.1, 0.15) is 5.82 Å². The molecule has 1 fully saturated rings. The Balaban J connectivity index is 1.61. The van der Waals surface area contributed by atoms with Crippen molar-refractivity contribution in [3.8, 4) is 0 Å². The summed E-state index contributed by atoms with van der Waals surface area (Å²) in [5.74, 6) is 0.366. The van der Waals surface area contributed by atoms with Gasteiger partial charge in [-0.25, -0.2) is 4.39 Å². The average molecular weight is 290 g/mol. The summed E-state index contributed by atoms with van der Waals surface area (Å²) in [6, 6.07) is 13.3. The van der Waals surface area contributed by atoms with Crippen molar-refractivity contribution in [3.05, 3.63) is 64.4 Å². The number of halogens is 2. The molecule has 2 aromatic carbocycles. The van der Waals surface area contributed by atoms with Gasteiger partial charge in [0.05, 0.1) is 0 Å². The molecule has 20 heavy (non-hydrogen) atoms. The van der Waals surface area contributed by atoms with E-state index in [4.69, 9.17) is 11.6 Å². The highest BCUT2D eigenvalue weighted by Gasteiger charge is 2.30. The highest BCUT2D eigenvalue weighted by atomic mass is 35.5. The highest BCUT2D eigenvalue weighted by molar-refractivity contribution is 6.31. The average Bonchev–Trinajstić information content (AvgIpc) is 2.39. The van der Waals surface area contributed by atoms with Crippen LogP contribution in [0.3, 0.4) is 0 Å².